The molecule has 4 N–H and O–H groups in total. The molecule has 6 rings (SSSR count). The number of amides is 2. The molecule has 138 valence electrons. The number of benzene rings is 1. The number of rotatable bonds is 3. The number of anilines is 1. The lowest BCUT2D eigenvalue weighted by atomic mass is 9.65. The largest absolute Gasteiger partial charge is 0.399 e. The Bertz CT molecular complexity index is 758. The number of fused-ring (bicyclic) bond motifs is 1. The van der Waals surface area contributed by atoms with Crippen molar-refractivity contribution in [3.05, 3.63) is 29.3 Å². The molecule has 0 aromatic heterocycles. The average molecular weight is 357 g/mol. The Morgan fingerprint density at radius 2 is 2.04 bits per heavy atom. The van der Waals surface area contributed by atoms with E-state index in [2.05, 4.69) is 5.32 Å². The zero-order valence-corrected chi connectivity index (χ0v) is 14.5. The van der Waals surface area contributed by atoms with Gasteiger partial charge in [-0.15, -0.1) is 0 Å². The number of nitrogens with two attached hydrogens (primary N) is 1. The topological polar surface area (TPSA) is 105 Å². The van der Waals surface area contributed by atoms with Gasteiger partial charge in [-0.2, -0.15) is 0 Å². The first-order valence-electron chi connectivity index (χ1n) is 9.30. The number of nitrogens with zero attached hydrogens (tertiary/aromatic N) is 1. The van der Waals surface area contributed by atoms with Gasteiger partial charge in [-0.05, 0) is 62.1 Å². The van der Waals surface area contributed by atoms with E-state index in [-0.39, 0.29) is 24.5 Å². The van der Waals surface area contributed by atoms with Gasteiger partial charge in [-0.1, -0.05) is 0 Å². The van der Waals surface area contributed by atoms with Crippen LogP contribution in [0.2, 0.25) is 0 Å². The second kappa shape index (κ2) is 5.44. The number of aliphatic hydroxyl groups is 1. The molecule has 3 atom stereocenters. The summed E-state index contributed by atoms with van der Waals surface area (Å²) < 4.78 is 6.16. The molecule has 2 saturated heterocycles. The summed E-state index contributed by atoms with van der Waals surface area (Å²) in [5.74, 6) is 0.592. The van der Waals surface area contributed by atoms with Crippen molar-refractivity contribution in [2.75, 3.05) is 12.3 Å². The zero-order valence-electron chi connectivity index (χ0n) is 14.5. The molecule has 7 heteroatoms. The van der Waals surface area contributed by atoms with Crippen molar-refractivity contribution in [3.8, 4) is 0 Å². The van der Waals surface area contributed by atoms with Gasteiger partial charge in [0.1, 0.15) is 12.3 Å². The van der Waals surface area contributed by atoms with E-state index < -0.39 is 12.0 Å². The van der Waals surface area contributed by atoms with Crippen LogP contribution in [0.3, 0.4) is 0 Å². The summed E-state index contributed by atoms with van der Waals surface area (Å²) in [4.78, 5) is 26.4. The van der Waals surface area contributed by atoms with Crippen molar-refractivity contribution < 1.29 is 19.4 Å². The van der Waals surface area contributed by atoms with Crippen molar-refractivity contribution in [1.29, 1.82) is 0 Å². The van der Waals surface area contributed by atoms with Crippen LogP contribution in [-0.2, 0) is 9.53 Å². The highest BCUT2D eigenvalue weighted by atomic mass is 16.5. The Labute approximate surface area is 151 Å². The summed E-state index contributed by atoms with van der Waals surface area (Å²) in [6.07, 6.45) is 4.20. The van der Waals surface area contributed by atoms with Crippen LogP contribution in [0.4, 0.5) is 5.69 Å². The average Bonchev–Trinajstić information content (AvgIpc) is 2.77. The second-order valence-corrected chi connectivity index (χ2v) is 8.28. The van der Waals surface area contributed by atoms with Crippen molar-refractivity contribution in [3.63, 3.8) is 0 Å². The number of nitrogens with one attached hydrogen (secondary N) is 1. The Balaban J connectivity index is 1.30. The van der Waals surface area contributed by atoms with Gasteiger partial charge in [0.2, 0.25) is 5.91 Å². The van der Waals surface area contributed by atoms with Gasteiger partial charge in [0, 0.05) is 16.8 Å². The number of hydrogen-bond donors (Lipinski definition) is 3. The molecule has 2 saturated carbocycles. The molecule has 3 aliphatic heterocycles. The minimum Gasteiger partial charge on any atom is -0.399 e. The highest BCUT2D eigenvalue weighted by Gasteiger charge is 2.53. The highest BCUT2D eigenvalue weighted by molar-refractivity contribution is 6.01. The summed E-state index contributed by atoms with van der Waals surface area (Å²) in [6.45, 7) is -0.195. The van der Waals surface area contributed by atoms with E-state index in [0.29, 0.717) is 28.7 Å². The molecule has 3 unspecified atom stereocenters. The zero-order chi connectivity index (χ0) is 18.1. The summed E-state index contributed by atoms with van der Waals surface area (Å²) in [5.41, 5.74) is 6.48. The molecular weight excluding hydrogens is 334 g/mol. The van der Waals surface area contributed by atoms with Gasteiger partial charge in [0.15, 0.2) is 6.23 Å². The molecule has 0 radical (unpaired) electrons. The Hall–Kier alpha value is -2.12. The highest BCUT2D eigenvalue weighted by Crippen LogP contribution is 2.51. The molecule has 4 bridgehead atoms. The van der Waals surface area contributed by atoms with Crippen LogP contribution >= 0.6 is 0 Å². The Morgan fingerprint density at radius 1 is 1.31 bits per heavy atom. The fourth-order valence-corrected chi connectivity index (χ4v) is 5.53. The Kier molecular flexibility index (Phi) is 3.36. The van der Waals surface area contributed by atoms with Gasteiger partial charge in [-0.25, -0.2) is 0 Å². The predicted molar refractivity (Wildman–Crippen MR) is 92.7 cm³/mol. The predicted octanol–water partition coefficient (Wildman–Crippen LogP) is 1.14. The third-order valence-electron chi connectivity index (χ3n) is 6.31. The lowest BCUT2D eigenvalue weighted by Crippen LogP contribution is -2.64. The number of nitrogen functional groups attached to an aromatic ring is 1. The third kappa shape index (κ3) is 2.41. The van der Waals surface area contributed by atoms with E-state index in [4.69, 9.17) is 10.5 Å². The minimum absolute atomic E-state index is 0.195. The molecule has 26 heavy (non-hydrogen) atoms. The van der Waals surface area contributed by atoms with E-state index in [1.165, 1.54) is 11.3 Å². The molecular formula is C19H23N3O4. The summed E-state index contributed by atoms with van der Waals surface area (Å²) in [5, 5.41) is 13.5. The number of carbonyl (C=O) groups excluding carboxylic acids is 2. The second-order valence-electron chi connectivity index (χ2n) is 8.28. The summed E-state index contributed by atoms with van der Waals surface area (Å²) in [6, 6.07) is 4.80. The molecule has 4 fully saturated rings. The summed E-state index contributed by atoms with van der Waals surface area (Å²) >= 11 is 0. The van der Waals surface area contributed by atoms with Crippen molar-refractivity contribution in [2.45, 2.75) is 50.2 Å². The number of ether oxygens (including phenoxy) is 1. The molecule has 1 aromatic rings. The van der Waals surface area contributed by atoms with Crippen molar-refractivity contribution in [2.24, 2.45) is 11.8 Å². The van der Waals surface area contributed by atoms with Crippen molar-refractivity contribution in [1.82, 2.24) is 10.2 Å². The van der Waals surface area contributed by atoms with Gasteiger partial charge in [0.05, 0.1) is 6.10 Å². The minimum atomic E-state index is -1.15. The van der Waals surface area contributed by atoms with E-state index >= 15 is 0 Å². The quantitative estimate of drug-likeness (QED) is 0.704. The molecule has 0 spiro atoms. The number of aliphatic hydroxyl groups excluding tert-OH is 1. The van der Waals surface area contributed by atoms with Crippen LogP contribution < -0.4 is 11.1 Å². The third-order valence-corrected chi connectivity index (χ3v) is 6.31. The van der Waals surface area contributed by atoms with Crippen molar-refractivity contribution >= 4 is 17.5 Å². The lowest BCUT2D eigenvalue weighted by molar-refractivity contribution is -0.233. The van der Waals surface area contributed by atoms with E-state index in [1.807, 2.05) is 0 Å². The van der Waals surface area contributed by atoms with Crippen LogP contribution in [-0.4, -0.2) is 40.2 Å². The van der Waals surface area contributed by atoms with E-state index in [0.717, 1.165) is 25.7 Å². The van der Waals surface area contributed by atoms with Gasteiger partial charge < -0.3 is 20.9 Å². The molecule has 1 aromatic carbocycles. The van der Waals surface area contributed by atoms with Gasteiger partial charge in [0.25, 0.3) is 5.91 Å². The van der Waals surface area contributed by atoms with Crippen LogP contribution in [0.5, 0.6) is 0 Å². The number of carbonyl (C=O) groups is 2. The maximum atomic E-state index is 12.7. The summed E-state index contributed by atoms with van der Waals surface area (Å²) in [7, 11) is 0. The first-order valence-corrected chi connectivity index (χ1v) is 9.30. The van der Waals surface area contributed by atoms with Crippen LogP contribution in [0.25, 0.3) is 0 Å². The fourth-order valence-electron chi connectivity index (χ4n) is 5.53. The number of hydrogen-bond acceptors (Lipinski definition) is 5. The lowest BCUT2D eigenvalue weighted by Gasteiger charge is -2.56. The Morgan fingerprint density at radius 3 is 2.73 bits per heavy atom. The molecule has 5 aliphatic rings. The van der Waals surface area contributed by atoms with Crippen LogP contribution in [0.15, 0.2) is 18.2 Å². The standard InChI is InChI=1S/C19H23N3O4/c20-12-1-2-14-15(6-12)18(25)22(17(14)24)9-16(23)21-19-7-10-3-11(8-19)5-13(4-10)26-19/h1-2,6,10-11,13,18,25H,3-5,7-9,20H2,(H,21,23). The normalized spacial score (nSPS) is 37.1. The maximum Gasteiger partial charge on any atom is 0.257 e. The van der Waals surface area contributed by atoms with Crippen LogP contribution in [0, 0.1) is 11.8 Å². The van der Waals surface area contributed by atoms with Gasteiger partial charge in [-0.3, -0.25) is 14.5 Å². The van der Waals surface area contributed by atoms with Crippen LogP contribution in [0.1, 0.15) is 54.3 Å². The fraction of sp³-hybridized carbons (Fsp3) is 0.579. The molecule has 2 aliphatic carbocycles. The molecule has 7 nitrogen and oxygen atoms in total. The van der Waals surface area contributed by atoms with E-state index in [9.17, 15) is 14.7 Å². The molecule has 2 amide bonds. The van der Waals surface area contributed by atoms with E-state index in [1.54, 1.807) is 18.2 Å². The maximum absolute atomic E-state index is 12.7. The monoisotopic (exact) mass is 357 g/mol. The first kappa shape index (κ1) is 16.1. The SMILES string of the molecule is Nc1ccc2c(c1)C(O)N(CC(=O)NC13CC4CC(CC(C4)O1)C3)C2=O. The first-order chi connectivity index (χ1) is 12.4. The molecule has 3 heterocycles. The smallest absolute Gasteiger partial charge is 0.257 e. The van der Waals surface area contributed by atoms with Gasteiger partial charge >= 0.3 is 0 Å².